The minimum Gasteiger partial charge on any atom is -0.353 e. The first-order valence-corrected chi connectivity index (χ1v) is 8.05. The largest absolute Gasteiger partial charge is 0.353 e. The highest BCUT2D eigenvalue weighted by atomic mass is 35.5. The Morgan fingerprint density at radius 2 is 2.29 bits per heavy atom. The number of nitrogens with one attached hydrogen (secondary N) is 1. The van der Waals surface area contributed by atoms with E-state index < -0.39 is 0 Å². The fourth-order valence-corrected chi connectivity index (χ4v) is 3.12. The third-order valence-electron chi connectivity index (χ3n) is 2.79. The molecule has 0 aliphatic rings. The molecule has 0 saturated carbocycles. The summed E-state index contributed by atoms with van der Waals surface area (Å²) in [5.41, 5.74) is 0. The summed E-state index contributed by atoms with van der Waals surface area (Å²) in [4.78, 5) is 16.8. The van der Waals surface area contributed by atoms with Crippen molar-refractivity contribution in [2.75, 3.05) is 6.54 Å². The van der Waals surface area contributed by atoms with Gasteiger partial charge in [0.25, 0.3) is 0 Å². The number of benzene rings is 1. The van der Waals surface area contributed by atoms with Crippen LogP contribution < -0.4 is 5.32 Å². The van der Waals surface area contributed by atoms with E-state index in [1.54, 1.807) is 30.7 Å². The van der Waals surface area contributed by atoms with Crippen molar-refractivity contribution in [3.8, 4) is 0 Å². The van der Waals surface area contributed by atoms with Gasteiger partial charge in [0.05, 0.1) is 16.6 Å². The number of amides is 1. The number of aromatic nitrogens is 2. The van der Waals surface area contributed by atoms with E-state index in [2.05, 4.69) is 10.3 Å². The van der Waals surface area contributed by atoms with Gasteiger partial charge < -0.3 is 9.88 Å². The molecule has 1 aromatic carbocycles. The SMILES string of the molecule is CC(Sc1cc(Cl)ccc1Cl)C(=O)NCCn1ccnc1. The van der Waals surface area contributed by atoms with Gasteiger partial charge in [-0.1, -0.05) is 23.2 Å². The van der Waals surface area contributed by atoms with Gasteiger partial charge in [0.2, 0.25) is 5.91 Å². The number of imidazole rings is 1. The lowest BCUT2D eigenvalue weighted by atomic mass is 10.4. The van der Waals surface area contributed by atoms with E-state index in [-0.39, 0.29) is 11.2 Å². The first-order chi connectivity index (χ1) is 10.1. The predicted octanol–water partition coefficient (Wildman–Crippen LogP) is 3.49. The van der Waals surface area contributed by atoms with Gasteiger partial charge in [-0.25, -0.2) is 4.98 Å². The van der Waals surface area contributed by atoms with Gasteiger partial charge >= 0.3 is 0 Å². The molecule has 4 nitrogen and oxygen atoms in total. The number of halogens is 2. The van der Waals surface area contributed by atoms with Gasteiger partial charge in [-0.15, -0.1) is 11.8 Å². The molecule has 1 heterocycles. The minimum absolute atomic E-state index is 0.0313. The highest BCUT2D eigenvalue weighted by Gasteiger charge is 2.15. The monoisotopic (exact) mass is 343 g/mol. The van der Waals surface area contributed by atoms with E-state index in [4.69, 9.17) is 23.2 Å². The van der Waals surface area contributed by atoms with Crippen molar-refractivity contribution >= 4 is 40.9 Å². The van der Waals surface area contributed by atoms with Gasteiger partial charge in [-0.05, 0) is 25.1 Å². The third-order valence-corrected chi connectivity index (χ3v) is 4.63. The van der Waals surface area contributed by atoms with E-state index in [1.165, 1.54) is 11.8 Å². The Kier molecular flexibility index (Phi) is 5.96. The maximum Gasteiger partial charge on any atom is 0.233 e. The summed E-state index contributed by atoms with van der Waals surface area (Å²) < 4.78 is 1.91. The van der Waals surface area contributed by atoms with Crippen molar-refractivity contribution in [3.63, 3.8) is 0 Å². The Balaban J connectivity index is 1.83. The van der Waals surface area contributed by atoms with E-state index >= 15 is 0 Å². The fourth-order valence-electron chi connectivity index (χ4n) is 1.68. The zero-order chi connectivity index (χ0) is 15.2. The van der Waals surface area contributed by atoms with Crippen LogP contribution in [0.5, 0.6) is 0 Å². The van der Waals surface area contributed by atoms with Crippen molar-refractivity contribution in [2.24, 2.45) is 0 Å². The molecule has 7 heteroatoms. The Bertz CT molecular complexity index is 604. The predicted molar refractivity (Wildman–Crippen MR) is 87.0 cm³/mol. The molecule has 1 amide bonds. The summed E-state index contributed by atoms with van der Waals surface area (Å²) in [7, 11) is 0. The summed E-state index contributed by atoms with van der Waals surface area (Å²) in [6.45, 7) is 3.10. The average molecular weight is 344 g/mol. The van der Waals surface area contributed by atoms with Crippen molar-refractivity contribution in [1.29, 1.82) is 0 Å². The lowest BCUT2D eigenvalue weighted by Crippen LogP contribution is -2.33. The molecule has 21 heavy (non-hydrogen) atoms. The number of rotatable bonds is 6. The van der Waals surface area contributed by atoms with Gasteiger partial charge in [-0.3, -0.25) is 4.79 Å². The lowest BCUT2D eigenvalue weighted by Gasteiger charge is -2.13. The summed E-state index contributed by atoms with van der Waals surface area (Å²) in [6, 6.07) is 5.23. The number of hydrogen-bond donors (Lipinski definition) is 1. The van der Waals surface area contributed by atoms with Crippen LogP contribution in [0.3, 0.4) is 0 Å². The maximum absolute atomic E-state index is 12.0. The van der Waals surface area contributed by atoms with Crippen LogP contribution in [0.25, 0.3) is 0 Å². The van der Waals surface area contributed by atoms with Crippen LogP contribution in [0.2, 0.25) is 10.0 Å². The maximum atomic E-state index is 12.0. The number of thioether (sulfide) groups is 1. The number of nitrogens with zero attached hydrogens (tertiary/aromatic N) is 2. The third kappa shape index (κ3) is 4.95. The van der Waals surface area contributed by atoms with Gasteiger partial charge in [0.1, 0.15) is 0 Å². The highest BCUT2D eigenvalue weighted by molar-refractivity contribution is 8.00. The zero-order valence-corrected chi connectivity index (χ0v) is 13.8. The summed E-state index contributed by atoms with van der Waals surface area (Å²) >= 11 is 13.4. The van der Waals surface area contributed by atoms with Crippen LogP contribution in [0.4, 0.5) is 0 Å². The molecular formula is C14H15Cl2N3OS. The van der Waals surface area contributed by atoms with Crippen LogP contribution in [-0.4, -0.2) is 27.3 Å². The summed E-state index contributed by atoms with van der Waals surface area (Å²) in [5.74, 6) is -0.0313. The van der Waals surface area contributed by atoms with Crippen LogP contribution >= 0.6 is 35.0 Å². The van der Waals surface area contributed by atoms with Crippen molar-refractivity contribution in [2.45, 2.75) is 23.6 Å². The molecule has 112 valence electrons. The molecule has 0 saturated heterocycles. The average Bonchev–Trinajstić information content (AvgIpc) is 2.96. The van der Waals surface area contributed by atoms with Crippen LogP contribution in [-0.2, 0) is 11.3 Å². The van der Waals surface area contributed by atoms with Gasteiger partial charge in [0.15, 0.2) is 0 Å². The number of carbonyl (C=O) groups excluding carboxylic acids is 1. The highest BCUT2D eigenvalue weighted by Crippen LogP contribution is 2.32. The molecule has 1 aromatic heterocycles. The molecule has 0 fully saturated rings. The Labute approximate surface area is 137 Å². The molecule has 0 aliphatic heterocycles. The Morgan fingerprint density at radius 3 is 3.00 bits per heavy atom. The van der Waals surface area contributed by atoms with Crippen molar-refractivity contribution in [3.05, 3.63) is 47.0 Å². The standard InChI is InChI=1S/C14H15Cl2N3OS/c1-10(21-13-8-11(15)2-3-12(13)16)14(20)18-5-7-19-6-4-17-9-19/h2-4,6,8-10H,5,7H2,1H3,(H,18,20). The topological polar surface area (TPSA) is 46.9 Å². The lowest BCUT2D eigenvalue weighted by molar-refractivity contribution is -0.120. The second kappa shape index (κ2) is 7.73. The zero-order valence-electron chi connectivity index (χ0n) is 11.4. The molecule has 1 N–H and O–H groups in total. The normalized spacial score (nSPS) is 12.1. The molecule has 1 atom stereocenters. The summed E-state index contributed by atoms with van der Waals surface area (Å²) in [6.07, 6.45) is 5.29. The van der Waals surface area contributed by atoms with Crippen LogP contribution in [0.1, 0.15) is 6.92 Å². The number of carbonyl (C=O) groups is 1. The molecule has 1 unspecified atom stereocenters. The Morgan fingerprint density at radius 1 is 1.48 bits per heavy atom. The quantitative estimate of drug-likeness (QED) is 0.816. The molecule has 0 aliphatic carbocycles. The van der Waals surface area contributed by atoms with Crippen molar-refractivity contribution in [1.82, 2.24) is 14.9 Å². The molecule has 0 bridgehead atoms. The second-order valence-corrected chi connectivity index (χ2v) is 6.65. The first kappa shape index (κ1) is 16.2. The van der Waals surface area contributed by atoms with E-state index in [9.17, 15) is 4.79 Å². The molecule has 0 spiro atoms. The molecular weight excluding hydrogens is 329 g/mol. The second-order valence-electron chi connectivity index (χ2n) is 4.43. The Hall–Kier alpha value is -1.17. The smallest absolute Gasteiger partial charge is 0.233 e. The number of hydrogen-bond acceptors (Lipinski definition) is 3. The van der Waals surface area contributed by atoms with E-state index in [0.29, 0.717) is 23.1 Å². The van der Waals surface area contributed by atoms with Crippen LogP contribution in [0, 0.1) is 0 Å². The van der Waals surface area contributed by atoms with E-state index in [0.717, 1.165) is 4.90 Å². The van der Waals surface area contributed by atoms with E-state index in [1.807, 2.05) is 17.7 Å². The molecule has 2 rings (SSSR count). The first-order valence-electron chi connectivity index (χ1n) is 6.41. The summed E-state index contributed by atoms with van der Waals surface area (Å²) in [5, 5.41) is 3.85. The van der Waals surface area contributed by atoms with Gasteiger partial charge in [-0.2, -0.15) is 0 Å². The van der Waals surface area contributed by atoms with Crippen LogP contribution in [0.15, 0.2) is 41.8 Å². The van der Waals surface area contributed by atoms with Crippen molar-refractivity contribution < 1.29 is 4.79 Å². The minimum atomic E-state index is -0.247. The molecule has 2 aromatic rings. The fraction of sp³-hybridized carbons (Fsp3) is 0.286. The van der Waals surface area contributed by atoms with Gasteiger partial charge in [0, 0.05) is 35.4 Å². The molecule has 0 radical (unpaired) electrons.